The lowest BCUT2D eigenvalue weighted by Crippen LogP contribution is -2.48. The van der Waals surface area contributed by atoms with Crippen LogP contribution in [0.3, 0.4) is 0 Å². The fourth-order valence-electron chi connectivity index (χ4n) is 3.45. The lowest BCUT2D eigenvalue weighted by molar-refractivity contribution is 0.0639. The van der Waals surface area contributed by atoms with Crippen molar-refractivity contribution in [3.63, 3.8) is 0 Å². The topological polar surface area (TPSA) is 40.8 Å². The Hall–Kier alpha value is -2.73. The SMILES string of the molecule is CCN1CCN(C(=O)c2nc3ccccn3c2-c2ccc(F)cc2)CC1. The summed E-state index contributed by atoms with van der Waals surface area (Å²) >= 11 is 0. The minimum Gasteiger partial charge on any atom is -0.335 e. The summed E-state index contributed by atoms with van der Waals surface area (Å²) in [5, 5.41) is 0. The minimum absolute atomic E-state index is 0.0659. The fourth-order valence-corrected chi connectivity index (χ4v) is 3.45. The molecule has 2 aromatic heterocycles. The second-order valence-electron chi connectivity index (χ2n) is 6.47. The highest BCUT2D eigenvalue weighted by Gasteiger charge is 2.27. The number of nitrogens with zero attached hydrogens (tertiary/aromatic N) is 4. The van der Waals surface area contributed by atoms with Gasteiger partial charge in [0, 0.05) is 37.9 Å². The van der Waals surface area contributed by atoms with Crippen molar-refractivity contribution in [2.45, 2.75) is 6.92 Å². The summed E-state index contributed by atoms with van der Waals surface area (Å²) in [6.07, 6.45) is 1.88. The van der Waals surface area contributed by atoms with Crippen molar-refractivity contribution in [2.24, 2.45) is 0 Å². The summed E-state index contributed by atoms with van der Waals surface area (Å²) in [5.74, 6) is -0.366. The van der Waals surface area contributed by atoms with E-state index in [-0.39, 0.29) is 11.7 Å². The highest BCUT2D eigenvalue weighted by molar-refractivity contribution is 5.99. The van der Waals surface area contributed by atoms with Crippen molar-refractivity contribution in [3.05, 3.63) is 60.2 Å². The molecule has 1 saturated heterocycles. The highest BCUT2D eigenvalue weighted by atomic mass is 19.1. The smallest absolute Gasteiger partial charge is 0.274 e. The molecule has 1 aliphatic heterocycles. The van der Waals surface area contributed by atoms with Gasteiger partial charge in [-0.25, -0.2) is 9.37 Å². The van der Waals surface area contributed by atoms with Crippen LogP contribution in [0.15, 0.2) is 48.7 Å². The van der Waals surface area contributed by atoms with Crippen molar-refractivity contribution < 1.29 is 9.18 Å². The van der Waals surface area contributed by atoms with Gasteiger partial charge in [0.1, 0.15) is 11.5 Å². The first-order valence-electron chi connectivity index (χ1n) is 8.92. The number of rotatable bonds is 3. The molecule has 0 saturated carbocycles. The van der Waals surface area contributed by atoms with Crippen LogP contribution in [0.1, 0.15) is 17.4 Å². The molecule has 3 heterocycles. The van der Waals surface area contributed by atoms with Crippen molar-refractivity contribution in [1.29, 1.82) is 0 Å². The Balaban J connectivity index is 1.76. The largest absolute Gasteiger partial charge is 0.335 e. The van der Waals surface area contributed by atoms with Crippen LogP contribution < -0.4 is 0 Å². The maximum absolute atomic E-state index is 13.4. The van der Waals surface area contributed by atoms with E-state index in [1.807, 2.05) is 33.7 Å². The van der Waals surface area contributed by atoms with Crippen LogP contribution >= 0.6 is 0 Å². The van der Waals surface area contributed by atoms with E-state index in [1.165, 1.54) is 12.1 Å². The number of hydrogen-bond donors (Lipinski definition) is 0. The van der Waals surface area contributed by atoms with Gasteiger partial charge in [0.25, 0.3) is 5.91 Å². The number of carbonyl (C=O) groups excluding carboxylic acids is 1. The molecule has 0 radical (unpaired) electrons. The molecular formula is C20H21FN4O. The van der Waals surface area contributed by atoms with Gasteiger partial charge in [-0.05, 0) is 42.9 Å². The summed E-state index contributed by atoms with van der Waals surface area (Å²) < 4.78 is 15.3. The van der Waals surface area contributed by atoms with E-state index in [0.717, 1.165) is 25.2 Å². The van der Waals surface area contributed by atoms with Crippen LogP contribution in [-0.4, -0.2) is 57.8 Å². The van der Waals surface area contributed by atoms with Crippen molar-refractivity contribution >= 4 is 11.6 Å². The van der Waals surface area contributed by atoms with Crippen LogP contribution in [0, 0.1) is 5.82 Å². The van der Waals surface area contributed by atoms with Gasteiger partial charge in [-0.1, -0.05) is 13.0 Å². The molecule has 1 aliphatic rings. The Morgan fingerprint density at radius 3 is 2.50 bits per heavy atom. The second-order valence-corrected chi connectivity index (χ2v) is 6.47. The van der Waals surface area contributed by atoms with Gasteiger partial charge >= 0.3 is 0 Å². The first-order chi connectivity index (χ1) is 12.7. The molecule has 0 atom stereocenters. The summed E-state index contributed by atoms with van der Waals surface area (Å²) in [6.45, 7) is 6.28. The Kier molecular flexibility index (Phi) is 4.42. The van der Waals surface area contributed by atoms with Crippen molar-refractivity contribution in [1.82, 2.24) is 19.2 Å². The molecule has 0 bridgehead atoms. The van der Waals surface area contributed by atoms with Gasteiger partial charge < -0.3 is 9.80 Å². The van der Waals surface area contributed by atoms with Gasteiger partial charge in [0.2, 0.25) is 0 Å². The van der Waals surface area contributed by atoms with Crippen LogP contribution in [0.5, 0.6) is 0 Å². The molecule has 0 aliphatic carbocycles. The van der Waals surface area contributed by atoms with Gasteiger partial charge in [0.05, 0.1) is 5.69 Å². The van der Waals surface area contributed by atoms with Crippen LogP contribution in [0.25, 0.3) is 16.9 Å². The van der Waals surface area contributed by atoms with Gasteiger partial charge in [-0.2, -0.15) is 0 Å². The average molecular weight is 352 g/mol. The number of hydrogen-bond acceptors (Lipinski definition) is 3. The molecule has 3 aromatic rings. The molecule has 1 fully saturated rings. The summed E-state index contributed by atoms with van der Waals surface area (Å²) in [7, 11) is 0. The molecule has 0 N–H and O–H groups in total. The molecular weight excluding hydrogens is 331 g/mol. The second kappa shape index (κ2) is 6.88. The number of carbonyl (C=O) groups is 1. The lowest BCUT2D eigenvalue weighted by Gasteiger charge is -2.33. The minimum atomic E-state index is -0.300. The Morgan fingerprint density at radius 1 is 1.08 bits per heavy atom. The standard InChI is InChI=1S/C20H21FN4O/c1-2-23-11-13-24(14-12-23)20(26)18-19(15-6-8-16(21)9-7-15)25-10-4-3-5-17(25)22-18/h3-10H,2,11-14H2,1H3. The molecule has 1 amide bonds. The first kappa shape index (κ1) is 16.7. The van der Waals surface area contributed by atoms with E-state index < -0.39 is 0 Å². The average Bonchev–Trinajstić information content (AvgIpc) is 3.07. The summed E-state index contributed by atoms with van der Waals surface area (Å²) in [5.41, 5.74) is 2.62. The zero-order chi connectivity index (χ0) is 18.1. The molecule has 1 aromatic carbocycles. The number of pyridine rings is 1. The molecule has 4 rings (SSSR count). The van der Waals surface area contributed by atoms with Crippen LogP contribution in [0.2, 0.25) is 0 Å². The summed E-state index contributed by atoms with van der Waals surface area (Å²) in [6, 6.07) is 11.9. The Labute approximate surface area is 151 Å². The molecule has 0 unspecified atom stereocenters. The predicted octanol–water partition coefficient (Wildman–Crippen LogP) is 2.92. The van der Waals surface area contributed by atoms with Gasteiger partial charge in [0.15, 0.2) is 5.69 Å². The lowest BCUT2D eigenvalue weighted by atomic mass is 10.1. The Bertz CT molecular complexity index is 927. The predicted molar refractivity (Wildman–Crippen MR) is 98.6 cm³/mol. The van der Waals surface area contributed by atoms with E-state index in [0.29, 0.717) is 30.1 Å². The highest BCUT2D eigenvalue weighted by Crippen LogP contribution is 2.27. The van der Waals surface area contributed by atoms with E-state index >= 15 is 0 Å². The number of imidazole rings is 1. The first-order valence-corrected chi connectivity index (χ1v) is 8.92. The molecule has 26 heavy (non-hydrogen) atoms. The third-order valence-electron chi connectivity index (χ3n) is 4.96. The third-order valence-corrected chi connectivity index (χ3v) is 4.96. The Morgan fingerprint density at radius 2 is 1.81 bits per heavy atom. The van der Waals surface area contributed by atoms with Crippen molar-refractivity contribution in [2.75, 3.05) is 32.7 Å². The molecule has 134 valence electrons. The monoisotopic (exact) mass is 352 g/mol. The van der Waals surface area contributed by atoms with E-state index in [2.05, 4.69) is 16.8 Å². The van der Waals surface area contributed by atoms with Crippen LogP contribution in [-0.2, 0) is 0 Å². The molecule has 0 spiro atoms. The third kappa shape index (κ3) is 2.97. The number of piperazine rings is 1. The zero-order valence-corrected chi connectivity index (χ0v) is 14.7. The summed E-state index contributed by atoms with van der Waals surface area (Å²) in [4.78, 5) is 22.0. The normalized spacial score (nSPS) is 15.5. The van der Waals surface area contributed by atoms with Gasteiger partial charge in [-0.3, -0.25) is 9.20 Å². The number of amides is 1. The number of benzene rings is 1. The fraction of sp³-hybridized carbons (Fsp3) is 0.300. The van der Waals surface area contributed by atoms with Gasteiger partial charge in [-0.15, -0.1) is 0 Å². The number of aromatic nitrogens is 2. The van der Waals surface area contributed by atoms with Crippen LogP contribution in [0.4, 0.5) is 4.39 Å². The molecule has 5 nitrogen and oxygen atoms in total. The van der Waals surface area contributed by atoms with Crippen molar-refractivity contribution in [3.8, 4) is 11.3 Å². The number of likely N-dealkylation sites (N-methyl/N-ethyl adjacent to an activating group) is 1. The van der Waals surface area contributed by atoms with E-state index in [9.17, 15) is 9.18 Å². The molecule has 6 heteroatoms. The van der Waals surface area contributed by atoms with E-state index in [4.69, 9.17) is 0 Å². The van der Waals surface area contributed by atoms with E-state index in [1.54, 1.807) is 12.1 Å². The number of fused-ring (bicyclic) bond motifs is 1. The maximum Gasteiger partial charge on any atom is 0.274 e. The maximum atomic E-state index is 13.4. The number of halogens is 1. The zero-order valence-electron chi connectivity index (χ0n) is 14.7. The quantitative estimate of drug-likeness (QED) is 0.728.